The highest BCUT2D eigenvalue weighted by Gasteiger charge is 2.11. The molecule has 0 unspecified atom stereocenters. The van der Waals surface area contributed by atoms with Gasteiger partial charge in [-0.05, 0) is 20.8 Å². The molecule has 2 heterocycles. The van der Waals surface area contributed by atoms with Gasteiger partial charge in [0, 0.05) is 24.8 Å². The quantitative estimate of drug-likeness (QED) is 0.803. The van der Waals surface area contributed by atoms with Crippen molar-refractivity contribution in [2.75, 3.05) is 13.1 Å². The topological polar surface area (TPSA) is 50.5 Å². The van der Waals surface area contributed by atoms with Crippen LogP contribution in [0.25, 0.3) is 4.96 Å². The van der Waals surface area contributed by atoms with Crippen LogP contribution in [-0.4, -0.2) is 36.9 Å². The van der Waals surface area contributed by atoms with Crippen molar-refractivity contribution >= 4 is 44.6 Å². The first-order chi connectivity index (χ1) is 9.55. The van der Waals surface area contributed by atoms with Crippen LogP contribution >= 0.6 is 35.3 Å². The molecule has 0 amide bonds. The van der Waals surface area contributed by atoms with Gasteiger partial charge in [-0.1, -0.05) is 35.3 Å². The summed E-state index contributed by atoms with van der Waals surface area (Å²) in [5.41, 5.74) is 0.586. The monoisotopic (exact) mass is 328 g/mol. The molecule has 0 saturated carbocycles. The standard InChI is InChI=1S/C12H16N4OS3/c1-4-15(5-2)12(18)19-7-9-14-16-10(17)6-8(3)13-11(16)20-9/h6H,4-5,7H2,1-3H3. The second kappa shape index (κ2) is 6.64. The second-order valence-electron chi connectivity index (χ2n) is 4.15. The smallest absolute Gasteiger partial charge is 0.275 e. The Balaban J connectivity index is 2.13. The van der Waals surface area contributed by atoms with Crippen LogP contribution in [0.2, 0.25) is 0 Å². The third kappa shape index (κ3) is 3.36. The molecular weight excluding hydrogens is 312 g/mol. The van der Waals surface area contributed by atoms with Crippen LogP contribution < -0.4 is 5.56 Å². The van der Waals surface area contributed by atoms with Gasteiger partial charge in [0.05, 0.1) is 5.75 Å². The summed E-state index contributed by atoms with van der Waals surface area (Å²) >= 11 is 8.39. The van der Waals surface area contributed by atoms with E-state index >= 15 is 0 Å². The van der Waals surface area contributed by atoms with E-state index in [4.69, 9.17) is 12.2 Å². The molecule has 0 spiro atoms. The lowest BCUT2D eigenvalue weighted by Gasteiger charge is -2.20. The molecule has 0 saturated heterocycles. The van der Waals surface area contributed by atoms with E-state index in [1.807, 2.05) is 6.92 Å². The van der Waals surface area contributed by atoms with E-state index < -0.39 is 0 Å². The van der Waals surface area contributed by atoms with Crippen molar-refractivity contribution in [3.8, 4) is 0 Å². The molecule has 0 fully saturated rings. The third-order valence-electron chi connectivity index (χ3n) is 2.76. The van der Waals surface area contributed by atoms with Gasteiger partial charge < -0.3 is 4.90 Å². The number of aromatic nitrogens is 3. The lowest BCUT2D eigenvalue weighted by Crippen LogP contribution is -2.26. The van der Waals surface area contributed by atoms with Crippen LogP contribution in [0.5, 0.6) is 0 Å². The van der Waals surface area contributed by atoms with E-state index in [1.165, 1.54) is 21.9 Å². The van der Waals surface area contributed by atoms with Crippen LogP contribution in [0.3, 0.4) is 0 Å². The number of rotatable bonds is 4. The number of fused-ring (bicyclic) bond motifs is 1. The summed E-state index contributed by atoms with van der Waals surface area (Å²) in [7, 11) is 0. The van der Waals surface area contributed by atoms with Crippen molar-refractivity contribution in [3.63, 3.8) is 0 Å². The minimum atomic E-state index is -0.133. The number of thiocarbonyl (C=S) groups is 1. The first-order valence-electron chi connectivity index (χ1n) is 6.33. The molecule has 0 aliphatic carbocycles. The van der Waals surface area contributed by atoms with Gasteiger partial charge in [-0.3, -0.25) is 4.79 Å². The van der Waals surface area contributed by atoms with Crippen LogP contribution in [0, 0.1) is 6.92 Å². The molecule has 0 atom stereocenters. The summed E-state index contributed by atoms with van der Waals surface area (Å²) < 4.78 is 2.22. The van der Waals surface area contributed by atoms with E-state index in [2.05, 4.69) is 28.8 Å². The molecular formula is C12H16N4OS3. The van der Waals surface area contributed by atoms with Gasteiger partial charge in [0.15, 0.2) is 0 Å². The van der Waals surface area contributed by atoms with E-state index in [1.54, 1.807) is 11.8 Å². The summed E-state index contributed by atoms with van der Waals surface area (Å²) in [4.78, 5) is 18.9. The Hall–Kier alpha value is -0.990. The second-order valence-corrected chi connectivity index (χ2v) is 6.80. The molecule has 8 heteroatoms. The van der Waals surface area contributed by atoms with Gasteiger partial charge >= 0.3 is 0 Å². The van der Waals surface area contributed by atoms with Crippen LogP contribution in [0.15, 0.2) is 10.9 Å². The van der Waals surface area contributed by atoms with Crippen LogP contribution in [0.1, 0.15) is 24.5 Å². The SMILES string of the molecule is CCN(CC)C(=S)SCc1nn2c(=O)cc(C)nc2s1. The van der Waals surface area contributed by atoms with E-state index in [9.17, 15) is 4.79 Å². The maximum atomic E-state index is 11.8. The maximum Gasteiger partial charge on any atom is 0.275 e. The highest BCUT2D eigenvalue weighted by molar-refractivity contribution is 8.22. The molecule has 2 aromatic heterocycles. The first kappa shape index (κ1) is 15.4. The van der Waals surface area contributed by atoms with Crippen molar-refractivity contribution < 1.29 is 0 Å². The molecule has 0 aliphatic heterocycles. The van der Waals surface area contributed by atoms with Gasteiger partial charge in [-0.15, -0.1) is 0 Å². The maximum absolute atomic E-state index is 11.8. The lowest BCUT2D eigenvalue weighted by molar-refractivity contribution is 0.482. The fraction of sp³-hybridized carbons (Fsp3) is 0.500. The zero-order valence-corrected chi connectivity index (χ0v) is 14.1. The average molecular weight is 328 g/mol. The zero-order chi connectivity index (χ0) is 14.7. The van der Waals surface area contributed by atoms with Gasteiger partial charge in [-0.25, -0.2) is 4.98 Å². The number of thioether (sulfide) groups is 1. The van der Waals surface area contributed by atoms with Crippen molar-refractivity contribution in [2.24, 2.45) is 0 Å². The van der Waals surface area contributed by atoms with Gasteiger partial charge in [0.1, 0.15) is 9.33 Å². The Morgan fingerprint density at radius 3 is 2.85 bits per heavy atom. The highest BCUT2D eigenvalue weighted by atomic mass is 32.2. The van der Waals surface area contributed by atoms with Crippen molar-refractivity contribution in [1.29, 1.82) is 0 Å². The summed E-state index contributed by atoms with van der Waals surface area (Å²) in [6.07, 6.45) is 0. The van der Waals surface area contributed by atoms with Gasteiger partial charge in [0.25, 0.3) is 5.56 Å². The normalized spacial score (nSPS) is 10.9. The van der Waals surface area contributed by atoms with Crippen LogP contribution in [-0.2, 0) is 5.75 Å². The lowest BCUT2D eigenvalue weighted by atomic mass is 10.5. The molecule has 5 nitrogen and oxygen atoms in total. The average Bonchev–Trinajstić information content (AvgIpc) is 2.81. The molecule has 0 radical (unpaired) electrons. The molecule has 0 aliphatic rings. The summed E-state index contributed by atoms with van der Waals surface area (Å²) in [5.74, 6) is 0.668. The fourth-order valence-corrected chi connectivity index (χ4v) is 4.05. The van der Waals surface area contributed by atoms with Crippen molar-refractivity contribution in [2.45, 2.75) is 26.5 Å². The summed E-state index contributed by atoms with van der Waals surface area (Å²) in [5, 5.41) is 5.16. The fourth-order valence-electron chi connectivity index (χ4n) is 1.71. The van der Waals surface area contributed by atoms with E-state index in [0.29, 0.717) is 10.7 Å². The van der Waals surface area contributed by atoms with Gasteiger partial charge in [-0.2, -0.15) is 9.61 Å². The zero-order valence-electron chi connectivity index (χ0n) is 11.6. The summed E-state index contributed by atoms with van der Waals surface area (Å²) in [6, 6.07) is 1.49. The van der Waals surface area contributed by atoms with Crippen molar-refractivity contribution in [1.82, 2.24) is 19.5 Å². The number of aryl methyl sites for hydroxylation is 1. The predicted molar refractivity (Wildman–Crippen MR) is 88.7 cm³/mol. The number of hydrogen-bond donors (Lipinski definition) is 0. The van der Waals surface area contributed by atoms with E-state index in [0.717, 1.165) is 28.1 Å². The molecule has 0 aromatic carbocycles. The Bertz CT molecular complexity index is 675. The van der Waals surface area contributed by atoms with Crippen LogP contribution in [0.4, 0.5) is 0 Å². The number of hydrogen-bond acceptors (Lipinski definition) is 6. The summed E-state index contributed by atoms with van der Waals surface area (Å²) in [6.45, 7) is 7.79. The molecule has 20 heavy (non-hydrogen) atoms. The molecule has 2 rings (SSSR count). The van der Waals surface area contributed by atoms with Gasteiger partial charge in [0.2, 0.25) is 4.96 Å². The Labute approximate surface area is 131 Å². The molecule has 2 aromatic rings. The molecule has 108 valence electrons. The highest BCUT2D eigenvalue weighted by Crippen LogP contribution is 2.20. The third-order valence-corrected chi connectivity index (χ3v) is 5.38. The Morgan fingerprint density at radius 1 is 1.50 bits per heavy atom. The largest absolute Gasteiger partial charge is 0.358 e. The van der Waals surface area contributed by atoms with Crippen molar-refractivity contribution in [3.05, 3.63) is 27.1 Å². The van der Waals surface area contributed by atoms with E-state index in [-0.39, 0.29) is 5.56 Å². The Morgan fingerprint density at radius 2 is 2.20 bits per heavy atom. The Kier molecular flexibility index (Phi) is 5.11. The molecule has 0 N–H and O–H groups in total. The first-order valence-corrected chi connectivity index (χ1v) is 8.54. The number of nitrogens with zero attached hydrogens (tertiary/aromatic N) is 4. The minimum Gasteiger partial charge on any atom is -0.358 e. The minimum absolute atomic E-state index is 0.133. The predicted octanol–water partition coefficient (Wildman–Crippen LogP) is 2.32. The molecule has 0 bridgehead atoms.